The molecule has 19 heavy (non-hydrogen) atoms. The van der Waals surface area contributed by atoms with E-state index in [-0.39, 0.29) is 0 Å². The maximum Gasteiger partial charge on any atom is 0.119 e. The Morgan fingerprint density at radius 3 is 2.89 bits per heavy atom. The maximum atomic E-state index is 6.05. The van der Waals surface area contributed by atoms with Gasteiger partial charge in [-0.2, -0.15) is 0 Å². The highest BCUT2D eigenvalue weighted by Gasteiger charge is 2.30. The van der Waals surface area contributed by atoms with Gasteiger partial charge in [-0.25, -0.2) is 0 Å². The molecule has 0 amide bonds. The van der Waals surface area contributed by atoms with Crippen molar-refractivity contribution in [1.82, 2.24) is 4.90 Å². The summed E-state index contributed by atoms with van der Waals surface area (Å²) in [5, 5.41) is 0. The van der Waals surface area contributed by atoms with Crippen LogP contribution in [0.2, 0.25) is 0 Å². The fraction of sp³-hybridized carbons (Fsp3) is 0.625. The Bertz CT molecular complexity index is 407. The van der Waals surface area contributed by atoms with Crippen LogP contribution in [0.5, 0.6) is 5.75 Å². The first kappa shape index (κ1) is 14.4. The van der Waals surface area contributed by atoms with Crippen molar-refractivity contribution in [1.29, 1.82) is 0 Å². The lowest BCUT2D eigenvalue weighted by molar-refractivity contribution is 0.0709. The minimum atomic E-state index is 0.299. The molecule has 3 atom stereocenters. The molecule has 3 heteroatoms. The molecule has 3 nitrogen and oxygen atoms in total. The van der Waals surface area contributed by atoms with E-state index < -0.39 is 0 Å². The lowest BCUT2D eigenvalue weighted by Gasteiger charge is -2.42. The van der Waals surface area contributed by atoms with Crippen LogP contribution in [0.15, 0.2) is 24.3 Å². The average molecular weight is 262 g/mol. The van der Waals surface area contributed by atoms with Crippen molar-refractivity contribution in [3.05, 3.63) is 29.8 Å². The van der Waals surface area contributed by atoms with Gasteiger partial charge in [0.25, 0.3) is 0 Å². The van der Waals surface area contributed by atoms with Gasteiger partial charge in [0.2, 0.25) is 0 Å². The van der Waals surface area contributed by atoms with Crippen molar-refractivity contribution in [2.24, 2.45) is 11.7 Å². The number of ether oxygens (including phenoxy) is 1. The molecule has 1 aromatic rings. The van der Waals surface area contributed by atoms with Gasteiger partial charge in [-0.05, 0) is 49.9 Å². The van der Waals surface area contributed by atoms with Crippen LogP contribution in [0.1, 0.15) is 38.3 Å². The van der Waals surface area contributed by atoms with Crippen LogP contribution in [-0.2, 0) is 0 Å². The number of benzene rings is 1. The van der Waals surface area contributed by atoms with Gasteiger partial charge in [-0.15, -0.1) is 0 Å². The number of methoxy groups -OCH3 is 1. The van der Waals surface area contributed by atoms with E-state index in [1.807, 2.05) is 6.07 Å². The normalized spacial score (nSPS) is 26.1. The van der Waals surface area contributed by atoms with Crippen LogP contribution in [0, 0.1) is 5.92 Å². The summed E-state index contributed by atoms with van der Waals surface area (Å²) in [5.74, 6) is 1.65. The van der Waals surface area contributed by atoms with Crippen LogP contribution >= 0.6 is 0 Å². The van der Waals surface area contributed by atoms with Gasteiger partial charge in [0.15, 0.2) is 0 Å². The fourth-order valence-electron chi connectivity index (χ4n) is 3.12. The molecule has 0 saturated carbocycles. The first-order chi connectivity index (χ1) is 9.17. The number of likely N-dealkylation sites (tertiary alicyclic amines) is 1. The van der Waals surface area contributed by atoms with E-state index in [1.165, 1.54) is 18.4 Å². The second-order valence-electron chi connectivity index (χ2n) is 5.63. The van der Waals surface area contributed by atoms with Gasteiger partial charge in [-0.1, -0.05) is 19.1 Å². The summed E-state index contributed by atoms with van der Waals surface area (Å²) in [7, 11) is 1.71. The van der Waals surface area contributed by atoms with E-state index >= 15 is 0 Å². The fourth-order valence-corrected chi connectivity index (χ4v) is 3.12. The molecule has 1 aliphatic rings. The Morgan fingerprint density at radius 2 is 2.21 bits per heavy atom. The molecule has 106 valence electrons. The summed E-state index contributed by atoms with van der Waals surface area (Å²) in [6.45, 7) is 6.47. The van der Waals surface area contributed by atoms with Crippen LogP contribution in [0.25, 0.3) is 0 Å². The first-order valence-corrected chi connectivity index (χ1v) is 7.27. The lowest BCUT2D eigenvalue weighted by atomic mass is 9.89. The number of nitrogens with two attached hydrogens (primary N) is 1. The highest BCUT2D eigenvalue weighted by Crippen LogP contribution is 2.32. The number of hydrogen-bond donors (Lipinski definition) is 1. The van der Waals surface area contributed by atoms with Crippen molar-refractivity contribution < 1.29 is 4.74 Å². The molecule has 3 unspecified atom stereocenters. The zero-order valence-electron chi connectivity index (χ0n) is 12.3. The summed E-state index contributed by atoms with van der Waals surface area (Å²) in [6.07, 6.45) is 2.60. The number of hydrogen-bond acceptors (Lipinski definition) is 3. The third-order valence-electron chi connectivity index (χ3n) is 4.52. The van der Waals surface area contributed by atoms with Gasteiger partial charge in [0.05, 0.1) is 7.11 Å². The number of rotatable bonds is 4. The van der Waals surface area contributed by atoms with Gasteiger partial charge in [0.1, 0.15) is 5.75 Å². The zero-order valence-corrected chi connectivity index (χ0v) is 12.3. The lowest BCUT2D eigenvalue weighted by Crippen LogP contribution is -2.46. The SMILES string of the molecule is COc1cccc(C(CN)N2CCCC(C)C2C)c1. The summed E-state index contributed by atoms with van der Waals surface area (Å²) in [4.78, 5) is 2.56. The maximum absolute atomic E-state index is 6.05. The highest BCUT2D eigenvalue weighted by atomic mass is 16.5. The molecule has 2 rings (SSSR count). The Balaban J connectivity index is 2.22. The molecule has 1 aliphatic heterocycles. The van der Waals surface area contributed by atoms with Crippen LogP contribution in [0.3, 0.4) is 0 Å². The van der Waals surface area contributed by atoms with E-state index in [1.54, 1.807) is 7.11 Å². The first-order valence-electron chi connectivity index (χ1n) is 7.27. The van der Waals surface area contributed by atoms with Crippen molar-refractivity contribution in [2.75, 3.05) is 20.2 Å². The van der Waals surface area contributed by atoms with Crippen LogP contribution in [-0.4, -0.2) is 31.1 Å². The molecule has 1 fully saturated rings. The Labute approximate surface area is 116 Å². The third-order valence-corrected chi connectivity index (χ3v) is 4.52. The third kappa shape index (κ3) is 3.10. The Morgan fingerprint density at radius 1 is 1.42 bits per heavy atom. The summed E-state index contributed by atoms with van der Waals surface area (Å²) in [5.41, 5.74) is 7.32. The van der Waals surface area contributed by atoms with E-state index in [9.17, 15) is 0 Å². The second kappa shape index (κ2) is 6.40. The molecule has 0 aliphatic carbocycles. The predicted molar refractivity (Wildman–Crippen MR) is 79.4 cm³/mol. The standard InChI is InChI=1S/C16H26N2O/c1-12-6-5-9-18(13(12)2)16(11-17)14-7-4-8-15(10-14)19-3/h4,7-8,10,12-13,16H,5-6,9,11,17H2,1-3H3. The predicted octanol–water partition coefficient (Wildman–Crippen LogP) is 2.82. The van der Waals surface area contributed by atoms with Crippen LogP contribution in [0.4, 0.5) is 0 Å². The highest BCUT2D eigenvalue weighted by molar-refractivity contribution is 5.31. The van der Waals surface area contributed by atoms with E-state index in [0.29, 0.717) is 18.6 Å². The molecule has 0 radical (unpaired) electrons. The van der Waals surface area contributed by atoms with Gasteiger partial charge in [-0.3, -0.25) is 4.90 Å². The number of piperidine rings is 1. The monoisotopic (exact) mass is 262 g/mol. The molecular formula is C16H26N2O. The van der Waals surface area contributed by atoms with Crippen molar-refractivity contribution in [2.45, 2.75) is 38.8 Å². The Kier molecular flexibility index (Phi) is 4.83. The molecule has 0 aromatic heterocycles. The smallest absolute Gasteiger partial charge is 0.119 e. The van der Waals surface area contributed by atoms with Crippen molar-refractivity contribution >= 4 is 0 Å². The molecular weight excluding hydrogens is 236 g/mol. The van der Waals surface area contributed by atoms with Gasteiger partial charge < -0.3 is 10.5 Å². The van der Waals surface area contributed by atoms with E-state index in [4.69, 9.17) is 10.5 Å². The van der Waals surface area contributed by atoms with Gasteiger partial charge in [0, 0.05) is 18.6 Å². The van der Waals surface area contributed by atoms with Crippen molar-refractivity contribution in [3.63, 3.8) is 0 Å². The van der Waals surface area contributed by atoms with E-state index in [0.717, 1.165) is 18.2 Å². The topological polar surface area (TPSA) is 38.5 Å². The molecule has 0 bridgehead atoms. The van der Waals surface area contributed by atoms with E-state index in [2.05, 4.69) is 36.9 Å². The molecule has 1 aromatic carbocycles. The second-order valence-corrected chi connectivity index (χ2v) is 5.63. The molecule has 0 spiro atoms. The number of nitrogens with zero attached hydrogens (tertiary/aromatic N) is 1. The minimum absolute atomic E-state index is 0.299. The van der Waals surface area contributed by atoms with Crippen LogP contribution < -0.4 is 10.5 Å². The van der Waals surface area contributed by atoms with Gasteiger partial charge >= 0.3 is 0 Å². The molecule has 2 N–H and O–H groups in total. The average Bonchev–Trinajstić information content (AvgIpc) is 2.44. The summed E-state index contributed by atoms with van der Waals surface area (Å²) in [6, 6.07) is 9.20. The van der Waals surface area contributed by atoms with Crippen molar-refractivity contribution in [3.8, 4) is 5.75 Å². The molecule has 1 heterocycles. The summed E-state index contributed by atoms with van der Waals surface area (Å²) < 4.78 is 5.33. The quantitative estimate of drug-likeness (QED) is 0.907. The Hall–Kier alpha value is -1.06. The zero-order chi connectivity index (χ0) is 13.8. The minimum Gasteiger partial charge on any atom is -0.497 e. The largest absolute Gasteiger partial charge is 0.497 e. The molecule has 1 saturated heterocycles. The summed E-state index contributed by atoms with van der Waals surface area (Å²) >= 11 is 0.